The minimum atomic E-state index is -1.13. The smallest absolute Gasteiger partial charge is 0.339 e. The van der Waals surface area contributed by atoms with Crippen molar-refractivity contribution in [3.8, 4) is 5.75 Å². The molecule has 0 amide bonds. The zero-order valence-electron chi connectivity index (χ0n) is 8.82. The Morgan fingerprint density at radius 2 is 2.07 bits per heavy atom. The second-order valence-electron chi connectivity index (χ2n) is 3.67. The third-order valence-corrected chi connectivity index (χ3v) is 2.28. The second-order valence-corrected chi connectivity index (χ2v) is 3.67. The quantitative estimate of drug-likeness (QED) is 0.799. The molecule has 0 saturated heterocycles. The van der Waals surface area contributed by atoms with Gasteiger partial charge in [0.05, 0.1) is 0 Å². The molecule has 2 N–H and O–H groups in total. The Hall–Kier alpha value is -1.77. The highest BCUT2D eigenvalue weighted by atomic mass is 16.4. The van der Waals surface area contributed by atoms with Gasteiger partial charge in [0, 0.05) is 5.56 Å². The van der Waals surface area contributed by atoms with Gasteiger partial charge >= 0.3 is 5.97 Å². The lowest BCUT2D eigenvalue weighted by atomic mass is 9.96. The van der Waals surface area contributed by atoms with E-state index in [0.29, 0.717) is 5.56 Å². The highest BCUT2D eigenvalue weighted by Crippen LogP contribution is 2.28. The van der Waals surface area contributed by atoms with Gasteiger partial charge in [-0.15, -0.1) is 0 Å². The summed E-state index contributed by atoms with van der Waals surface area (Å²) >= 11 is 0. The van der Waals surface area contributed by atoms with Gasteiger partial charge in [0.15, 0.2) is 0 Å². The van der Waals surface area contributed by atoms with Gasteiger partial charge in [-0.1, -0.05) is 26.5 Å². The standard InChI is InChI=1S/C12H14O3/c1-4-8-5-9(7(2)3)6-10(11(8)13)12(14)15/h4-7,13H,1H2,2-3H3,(H,14,15). The van der Waals surface area contributed by atoms with Gasteiger partial charge in [-0.2, -0.15) is 0 Å². The van der Waals surface area contributed by atoms with Gasteiger partial charge in [0.25, 0.3) is 0 Å². The molecular formula is C12H14O3. The maximum atomic E-state index is 10.9. The first-order valence-corrected chi connectivity index (χ1v) is 4.70. The van der Waals surface area contributed by atoms with Crippen LogP contribution in [-0.4, -0.2) is 16.2 Å². The molecule has 80 valence electrons. The summed E-state index contributed by atoms with van der Waals surface area (Å²) in [5.41, 5.74) is 1.26. The zero-order chi connectivity index (χ0) is 11.6. The summed E-state index contributed by atoms with van der Waals surface area (Å²) in [6, 6.07) is 3.24. The Morgan fingerprint density at radius 1 is 1.47 bits per heavy atom. The number of benzene rings is 1. The molecule has 0 aliphatic rings. The summed E-state index contributed by atoms with van der Waals surface area (Å²) in [7, 11) is 0. The van der Waals surface area contributed by atoms with E-state index in [-0.39, 0.29) is 17.2 Å². The predicted octanol–water partition coefficient (Wildman–Crippen LogP) is 2.86. The van der Waals surface area contributed by atoms with Gasteiger partial charge < -0.3 is 10.2 Å². The van der Waals surface area contributed by atoms with Crippen molar-refractivity contribution in [1.29, 1.82) is 0 Å². The molecule has 0 spiro atoms. The summed E-state index contributed by atoms with van der Waals surface area (Å²) in [5, 5.41) is 18.5. The highest BCUT2D eigenvalue weighted by molar-refractivity contribution is 5.92. The molecule has 0 unspecified atom stereocenters. The molecule has 0 aliphatic carbocycles. The Morgan fingerprint density at radius 3 is 2.47 bits per heavy atom. The normalized spacial score (nSPS) is 10.3. The van der Waals surface area contributed by atoms with E-state index in [1.54, 1.807) is 6.07 Å². The third-order valence-electron chi connectivity index (χ3n) is 2.28. The molecule has 0 radical (unpaired) electrons. The van der Waals surface area contributed by atoms with Crippen molar-refractivity contribution in [3.05, 3.63) is 35.4 Å². The fourth-order valence-electron chi connectivity index (χ4n) is 1.33. The van der Waals surface area contributed by atoms with Crippen molar-refractivity contribution >= 4 is 12.0 Å². The van der Waals surface area contributed by atoms with Gasteiger partial charge in [0.1, 0.15) is 11.3 Å². The number of hydrogen-bond acceptors (Lipinski definition) is 2. The van der Waals surface area contributed by atoms with Crippen LogP contribution in [0.5, 0.6) is 5.75 Å². The number of carboxylic acids is 1. The molecule has 1 aromatic carbocycles. The number of hydrogen-bond donors (Lipinski definition) is 2. The van der Waals surface area contributed by atoms with Crippen molar-refractivity contribution in [1.82, 2.24) is 0 Å². The Labute approximate surface area is 88.7 Å². The molecule has 3 heteroatoms. The van der Waals surface area contributed by atoms with Crippen LogP contribution < -0.4 is 0 Å². The third kappa shape index (κ3) is 2.18. The molecule has 0 aromatic heterocycles. The van der Waals surface area contributed by atoms with Crippen molar-refractivity contribution < 1.29 is 15.0 Å². The maximum absolute atomic E-state index is 10.9. The first-order chi connectivity index (χ1) is 6.97. The lowest BCUT2D eigenvalue weighted by molar-refractivity contribution is 0.0693. The lowest BCUT2D eigenvalue weighted by Crippen LogP contribution is -2.01. The average molecular weight is 206 g/mol. The number of aromatic carboxylic acids is 1. The molecule has 1 aromatic rings. The van der Waals surface area contributed by atoms with Crippen molar-refractivity contribution in [2.45, 2.75) is 19.8 Å². The Balaban J connectivity index is 3.45. The van der Waals surface area contributed by atoms with Crippen LogP contribution >= 0.6 is 0 Å². The van der Waals surface area contributed by atoms with Crippen LogP contribution in [0, 0.1) is 0 Å². The topological polar surface area (TPSA) is 57.5 Å². The lowest BCUT2D eigenvalue weighted by Gasteiger charge is -2.10. The molecular weight excluding hydrogens is 192 g/mol. The van der Waals surface area contributed by atoms with Crippen LogP contribution in [0.3, 0.4) is 0 Å². The Kier molecular flexibility index (Phi) is 3.14. The van der Waals surface area contributed by atoms with E-state index in [9.17, 15) is 9.90 Å². The molecule has 0 saturated carbocycles. The number of carbonyl (C=O) groups is 1. The number of rotatable bonds is 3. The van der Waals surface area contributed by atoms with Gasteiger partial charge in [-0.25, -0.2) is 4.79 Å². The summed E-state index contributed by atoms with van der Waals surface area (Å²) in [6.45, 7) is 7.47. The maximum Gasteiger partial charge on any atom is 0.339 e. The minimum absolute atomic E-state index is 0.0731. The van der Waals surface area contributed by atoms with Gasteiger partial charge in [-0.3, -0.25) is 0 Å². The average Bonchev–Trinajstić information content (AvgIpc) is 2.17. The SMILES string of the molecule is C=Cc1cc(C(C)C)cc(C(=O)O)c1O. The van der Waals surface area contributed by atoms with E-state index in [4.69, 9.17) is 5.11 Å². The minimum Gasteiger partial charge on any atom is -0.506 e. The summed E-state index contributed by atoms with van der Waals surface area (Å²) in [4.78, 5) is 10.9. The predicted molar refractivity (Wildman–Crippen MR) is 59.2 cm³/mol. The van der Waals surface area contributed by atoms with E-state index in [1.807, 2.05) is 13.8 Å². The first-order valence-electron chi connectivity index (χ1n) is 4.70. The van der Waals surface area contributed by atoms with Crippen LogP contribution in [0.15, 0.2) is 18.7 Å². The van der Waals surface area contributed by atoms with Crippen LogP contribution in [0.2, 0.25) is 0 Å². The molecule has 0 aliphatic heterocycles. The van der Waals surface area contributed by atoms with E-state index in [2.05, 4.69) is 6.58 Å². The molecule has 0 fully saturated rings. The first kappa shape index (κ1) is 11.3. The summed E-state index contributed by atoms with van der Waals surface area (Å²) in [6.07, 6.45) is 1.45. The fourth-order valence-corrected chi connectivity index (χ4v) is 1.33. The van der Waals surface area contributed by atoms with E-state index < -0.39 is 5.97 Å². The number of aromatic hydroxyl groups is 1. The molecule has 0 atom stereocenters. The van der Waals surface area contributed by atoms with E-state index in [1.165, 1.54) is 12.1 Å². The molecule has 0 bridgehead atoms. The molecule has 0 heterocycles. The van der Waals surface area contributed by atoms with Gasteiger partial charge in [-0.05, 0) is 23.6 Å². The highest BCUT2D eigenvalue weighted by Gasteiger charge is 2.15. The summed E-state index contributed by atoms with van der Waals surface area (Å²) < 4.78 is 0. The largest absolute Gasteiger partial charge is 0.506 e. The van der Waals surface area contributed by atoms with E-state index in [0.717, 1.165) is 5.56 Å². The molecule has 1 rings (SSSR count). The van der Waals surface area contributed by atoms with Crippen molar-refractivity contribution in [3.63, 3.8) is 0 Å². The van der Waals surface area contributed by atoms with Gasteiger partial charge in [0.2, 0.25) is 0 Å². The monoisotopic (exact) mass is 206 g/mol. The van der Waals surface area contributed by atoms with E-state index >= 15 is 0 Å². The second kappa shape index (κ2) is 4.17. The molecule has 15 heavy (non-hydrogen) atoms. The number of carboxylic acid groups (broad SMARTS) is 1. The fraction of sp³-hybridized carbons (Fsp3) is 0.250. The molecule has 3 nitrogen and oxygen atoms in total. The zero-order valence-corrected chi connectivity index (χ0v) is 8.82. The van der Waals surface area contributed by atoms with Crippen molar-refractivity contribution in [2.75, 3.05) is 0 Å². The van der Waals surface area contributed by atoms with Crippen LogP contribution in [-0.2, 0) is 0 Å². The van der Waals surface area contributed by atoms with Crippen LogP contribution in [0.4, 0.5) is 0 Å². The number of phenols is 1. The van der Waals surface area contributed by atoms with Crippen LogP contribution in [0.1, 0.15) is 41.3 Å². The van der Waals surface area contributed by atoms with Crippen molar-refractivity contribution in [2.24, 2.45) is 0 Å². The summed E-state index contributed by atoms with van der Waals surface area (Å²) in [5.74, 6) is -1.14. The van der Waals surface area contributed by atoms with Crippen LogP contribution in [0.25, 0.3) is 6.08 Å². The Bertz CT molecular complexity index is 406.